The zero-order chi connectivity index (χ0) is 19.8. The van der Waals surface area contributed by atoms with Crippen molar-refractivity contribution < 1.29 is 23.8 Å². The van der Waals surface area contributed by atoms with Crippen LogP contribution >= 0.6 is 0 Å². The second-order valence-electron chi connectivity index (χ2n) is 5.77. The largest absolute Gasteiger partial charge is 0.497 e. The minimum Gasteiger partial charge on any atom is -0.497 e. The summed E-state index contributed by atoms with van der Waals surface area (Å²) in [6.45, 7) is 1.43. The number of anilines is 1. The highest BCUT2D eigenvalue weighted by Gasteiger charge is 2.17. The molecule has 0 aliphatic heterocycles. The molecular formula is C20H24N2O5. The number of methoxy groups -OCH3 is 2. The maximum Gasteiger partial charge on any atom is 0.340 e. The molecule has 0 aliphatic rings. The summed E-state index contributed by atoms with van der Waals surface area (Å²) >= 11 is 0. The van der Waals surface area contributed by atoms with E-state index >= 15 is 0 Å². The minimum atomic E-state index is -0.568. The normalized spacial score (nSPS) is 11.3. The van der Waals surface area contributed by atoms with Gasteiger partial charge in [-0.25, -0.2) is 4.79 Å². The average molecular weight is 372 g/mol. The van der Waals surface area contributed by atoms with Gasteiger partial charge >= 0.3 is 5.97 Å². The van der Waals surface area contributed by atoms with Crippen LogP contribution in [-0.4, -0.2) is 39.8 Å². The lowest BCUT2D eigenvalue weighted by molar-refractivity contribution is -0.124. The van der Waals surface area contributed by atoms with E-state index < -0.39 is 11.9 Å². The molecule has 27 heavy (non-hydrogen) atoms. The number of benzene rings is 2. The summed E-state index contributed by atoms with van der Waals surface area (Å²) in [5.74, 6) is 0.301. The molecule has 2 rings (SSSR count). The molecule has 144 valence electrons. The molecule has 0 saturated carbocycles. The zero-order valence-corrected chi connectivity index (χ0v) is 15.9. The van der Waals surface area contributed by atoms with Crippen molar-refractivity contribution in [2.75, 3.05) is 33.2 Å². The van der Waals surface area contributed by atoms with Gasteiger partial charge in [0.25, 0.3) is 5.91 Å². The van der Waals surface area contributed by atoms with Crippen molar-refractivity contribution in [3.63, 3.8) is 0 Å². The third-order valence-electron chi connectivity index (χ3n) is 4.03. The molecule has 0 saturated heterocycles. The van der Waals surface area contributed by atoms with E-state index in [9.17, 15) is 9.59 Å². The van der Waals surface area contributed by atoms with Crippen LogP contribution in [0.1, 0.15) is 28.9 Å². The number of carbonyl (C=O) groups is 2. The van der Waals surface area contributed by atoms with Crippen molar-refractivity contribution in [1.82, 2.24) is 5.32 Å². The van der Waals surface area contributed by atoms with Gasteiger partial charge in [-0.15, -0.1) is 0 Å². The van der Waals surface area contributed by atoms with Crippen LogP contribution in [0.5, 0.6) is 11.5 Å². The van der Waals surface area contributed by atoms with Gasteiger partial charge in [-0.3, -0.25) is 4.79 Å². The molecule has 2 aromatic carbocycles. The van der Waals surface area contributed by atoms with Gasteiger partial charge in [0.2, 0.25) is 0 Å². The maximum absolute atomic E-state index is 12.2. The smallest absolute Gasteiger partial charge is 0.340 e. The van der Waals surface area contributed by atoms with E-state index in [-0.39, 0.29) is 12.6 Å². The van der Waals surface area contributed by atoms with Crippen LogP contribution in [0.15, 0.2) is 42.5 Å². The molecule has 0 radical (unpaired) electrons. The van der Waals surface area contributed by atoms with E-state index in [0.717, 1.165) is 5.56 Å². The topological polar surface area (TPSA) is 85.9 Å². The average Bonchev–Trinajstić information content (AvgIpc) is 2.71. The van der Waals surface area contributed by atoms with Gasteiger partial charge < -0.3 is 24.8 Å². The second kappa shape index (κ2) is 9.47. The quantitative estimate of drug-likeness (QED) is 0.693. The highest BCUT2D eigenvalue weighted by molar-refractivity contribution is 5.96. The Morgan fingerprint density at radius 3 is 2.48 bits per heavy atom. The lowest BCUT2D eigenvalue weighted by atomic mass is 10.1. The second-order valence-corrected chi connectivity index (χ2v) is 5.77. The monoisotopic (exact) mass is 372 g/mol. The molecule has 0 spiro atoms. The highest BCUT2D eigenvalue weighted by atomic mass is 16.5. The number of carbonyl (C=O) groups excluding carboxylic acids is 2. The number of nitrogens with one attached hydrogen (secondary N) is 2. The van der Waals surface area contributed by atoms with Crippen LogP contribution in [0.2, 0.25) is 0 Å². The Kier molecular flexibility index (Phi) is 7.05. The first-order valence-corrected chi connectivity index (χ1v) is 8.45. The van der Waals surface area contributed by atoms with Crippen molar-refractivity contribution in [3.05, 3.63) is 53.6 Å². The lowest BCUT2D eigenvalue weighted by Gasteiger charge is -2.18. The van der Waals surface area contributed by atoms with E-state index in [4.69, 9.17) is 14.2 Å². The molecule has 7 nitrogen and oxygen atoms in total. The Bertz CT molecular complexity index is 807. The molecular weight excluding hydrogens is 348 g/mol. The molecule has 2 aromatic rings. The Hall–Kier alpha value is -3.22. The third-order valence-corrected chi connectivity index (χ3v) is 4.03. The maximum atomic E-state index is 12.2. The number of rotatable bonds is 8. The van der Waals surface area contributed by atoms with E-state index in [1.165, 1.54) is 0 Å². The standard InChI is InChI=1S/C20H24N2O5/c1-13(16-11-14(25-3)9-10-18(16)26-4)22-19(23)12-27-20(24)15-7-5-6-8-17(15)21-2/h5-11,13,21H,12H2,1-4H3,(H,22,23). The molecule has 7 heteroatoms. The summed E-state index contributed by atoms with van der Waals surface area (Å²) < 4.78 is 15.7. The van der Waals surface area contributed by atoms with Crippen molar-refractivity contribution in [1.29, 1.82) is 0 Å². The molecule has 1 unspecified atom stereocenters. The molecule has 1 amide bonds. The highest BCUT2D eigenvalue weighted by Crippen LogP contribution is 2.29. The Morgan fingerprint density at radius 1 is 1.07 bits per heavy atom. The third kappa shape index (κ3) is 5.13. The summed E-state index contributed by atoms with van der Waals surface area (Å²) in [5, 5.41) is 5.70. The summed E-state index contributed by atoms with van der Waals surface area (Å²) in [6.07, 6.45) is 0. The molecule has 0 aromatic heterocycles. The molecule has 0 aliphatic carbocycles. The number of hydrogen-bond donors (Lipinski definition) is 2. The molecule has 0 fully saturated rings. The van der Waals surface area contributed by atoms with Gasteiger partial charge in [0.15, 0.2) is 6.61 Å². The van der Waals surface area contributed by atoms with Gasteiger partial charge in [-0.1, -0.05) is 12.1 Å². The zero-order valence-electron chi connectivity index (χ0n) is 15.9. The lowest BCUT2D eigenvalue weighted by Crippen LogP contribution is -2.31. The fourth-order valence-corrected chi connectivity index (χ4v) is 2.63. The van der Waals surface area contributed by atoms with Crippen molar-refractivity contribution in [2.45, 2.75) is 13.0 Å². The number of esters is 1. The van der Waals surface area contributed by atoms with Crippen molar-refractivity contribution >= 4 is 17.6 Å². The van der Waals surface area contributed by atoms with Crippen molar-refractivity contribution in [2.24, 2.45) is 0 Å². The Balaban J connectivity index is 1.98. The Labute approximate surface area is 158 Å². The van der Waals surface area contributed by atoms with Gasteiger partial charge in [-0.2, -0.15) is 0 Å². The molecule has 0 bridgehead atoms. The van der Waals surface area contributed by atoms with E-state index in [2.05, 4.69) is 10.6 Å². The van der Waals surface area contributed by atoms with E-state index in [0.29, 0.717) is 22.7 Å². The molecule has 1 atom stereocenters. The predicted octanol–water partition coefficient (Wildman–Crippen LogP) is 2.78. The molecule has 0 heterocycles. The summed E-state index contributed by atoms with van der Waals surface area (Å²) in [6, 6.07) is 11.9. The van der Waals surface area contributed by atoms with Crippen LogP contribution in [0.4, 0.5) is 5.69 Å². The number of para-hydroxylation sites is 1. The first-order chi connectivity index (χ1) is 13.0. The SMILES string of the molecule is CNc1ccccc1C(=O)OCC(=O)NC(C)c1cc(OC)ccc1OC. The summed E-state index contributed by atoms with van der Waals surface area (Å²) in [5.41, 5.74) is 1.77. The fraction of sp³-hybridized carbons (Fsp3) is 0.300. The van der Waals surface area contributed by atoms with Gasteiger partial charge in [0.1, 0.15) is 11.5 Å². The van der Waals surface area contributed by atoms with Crippen LogP contribution in [0.25, 0.3) is 0 Å². The van der Waals surface area contributed by atoms with E-state index in [1.54, 1.807) is 63.7 Å². The summed E-state index contributed by atoms with van der Waals surface area (Å²) in [4.78, 5) is 24.4. The molecule has 2 N–H and O–H groups in total. The van der Waals surface area contributed by atoms with Gasteiger partial charge in [0.05, 0.1) is 25.8 Å². The van der Waals surface area contributed by atoms with Crippen LogP contribution in [-0.2, 0) is 9.53 Å². The van der Waals surface area contributed by atoms with E-state index in [1.807, 2.05) is 6.92 Å². The fourth-order valence-electron chi connectivity index (χ4n) is 2.63. The van der Waals surface area contributed by atoms with Gasteiger partial charge in [0, 0.05) is 18.3 Å². The summed E-state index contributed by atoms with van der Waals surface area (Å²) in [7, 11) is 4.83. The van der Waals surface area contributed by atoms with Gasteiger partial charge in [-0.05, 0) is 37.3 Å². The van der Waals surface area contributed by atoms with Crippen LogP contribution < -0.4 is 20.1 Å². The van der Waals surface area contributed by atoms with Crippen molar-refractivity contribution in [3.8, 4) is 11.5 Å². The van der Waals surface area contributed by atoms with Crippen LogP contribution in [0, 0.1) is 0 Å². The van der Waals surface area contributed by atoms with Crippen LogP contribution in [0.3, 0.4) is 0 Å². The number of hydrogen-bond acceptors (Lipinski definition) is 6. The minimum absolute atomic E-state index is 0.356. The predicted molar refractivity (Wildman–Crippen MR) is 102 cm³/mol. The number of ether oxygens (including phenoxy) is 3. The Morgan fingerprint density at radius 2 is 1.81 bits per heavy atom. The number of amides is 1. The first-order valence-electron chi connectivity index (χ1n) is 8.45. The first kappa shape index (κ1) is 20.1.